The Hall–Kier alpha value is -1.71. The molecule has 1 aromatic carbocycles. The lowest BCUT2D eigenvalue weighted by molar-refractivity contribution is -0.140. The summed E-state index contributed by atoms with van der Waals surface area (Å²) in [6, 6.07) is 7.39. The molecule has 0 saturated carbocycles. The van der Waals surface area contributed by atoms with Crippen molar-refractivity contribution in [2.75, 3.05) is 24.4 Å². The van der Waals surface area contributed by atoms with E-state index in [1.807, 2.05) is 31.3 Å². The zero-order chi connectivity index (χ0) is 10.6. The zero-order valence-electron chi connectivity index (χ0n) is 8.36. The minimum Gasteiger partial charge on any atom is -0.444 e. The fourth-order valence-electron chi connectivity index (χ4n) is 1.02. The van der Waals surface area contributed by atoms with E-state index in [0.717, 1.165) is 5.69 Å². The molecule has 0 atom stereocenters. The molecule has 1 aromatic rings. The third kappa shape index (κ3) is 2.97. The van der Waals surface area contributed by atoms with E-state index in [1.165, 1.54) is 6.92 Å². The highest BCUT2D eigenvalue weighted by molar-refractivity contribution is 5.66. The van der Waals surface area contributed by atoms with Gasteiger partial charge in [0.25, 0.3) is 0 Å². The summed E-state index contributed by atoms with van der Waals surface area (Å²) in [6.45, 7) is 1.62. The zero-order valence-corrected chi connectivity index (χ0v) is 8.36. The van der Waals surface area contributed by atoms with Crippen LogP contribution in [0.25, 0.3) is 0 Å². The number of rotatable bonds is 3. The summed E-state index contributed by atoms with van der Waals surface area (Å²) < 4.78 is 4.84. The number of benzene rings is 1. The number of ether oxygens (including phenoxy) is 1. The Bertz CT molecular complexity index is 326. The topological polar surface area (TPSA) is 55.6 Å². The van der Waals surface area contributed by atoms with Crippen LogP contribution in [0.1, 0.15) is 6.92 Å². The summed E-state index contributed by atoms with van der Waals surface area (Å²) in [4.78, 5) is 12.4. The van der Waals surface area contributed by atoms with E-state index < -0.39 is 0 Å². The van der Waals surface area contributed by atoms with Gasteiger partial charge in [0.1, 0.15) is 0 Å². The summed E-state index contributed by atoms with van der Waals surface area (Å²) in [5, 5.41) is 0. The van der Waals surface area contributed by atoms with Crippen molar-refractivity contribution in [1.29, 1.82) is 0 Å². The Labute approximate surface area is 83.3 Å². The molecule has 0 bridgehead atoms. The number of esters is 1. The van der Waals surface area contributed by atoms with Crippen molar-refractivity contribution >= 4 is 17.3 Å². The van der Waals surface area contributed by atoms with Gasteiger partial charge in [-0.3, -0.25) is 4.79 Å². The largest absolute Gasteiger partial charge is 0.444 e. The van der Waals surface area contributed by atoms with E-state index in [0.29, 0.717) is 5.69 Å². The van der Waals surface area contributed by atoms with Gasteiger partial charge in [0.2, 0.25) is 0 Å². The maximum absolute atomic E-state index is 10.6. The smallest absolute Gasteiger partial charge is 0.304 e. The molecule has 0 saturated heterocycles. The van der Waals surface area contributed by atoms with Crippen LogP contribution in [0.2, 0.25) is 0 Å². The molecule has 0 aliphatic rings. The standard InChI is InChI=1S/C10H14N2O2/c1-8(13)14-7-12(2)10-5-3-4-9(11)6-10/h3-6H,7,11H2,1-2H3. The van der Waals surface area contributed by atoms with Gasteiger partial charge in [-0.15, -0.1) is 0 Å². The molecule has 4 heteroatoms. The summed E-state index contributed by atoms with van der Waals surface area (Å²) in [7, 11) is 1.83. The Morgan fingerprint density at radius 3 is 2.86 bits per heavy atom. The van der Waals surface area contributed by atoms with Crippen LogP contribution >= 0.6 is 0 Å². The Balaban J connectivity index is 2.60. The summed E-state index contributed by atoms with van der Waals surface area (Å²) in [5.41, 5.74) is 7.23. The Morgan fingerprint density at radius 1 is 1.57 bits per heavy atom. The van der Waals surface area contributed by atoms with Crippen molar-refractivity contribution < 1.29 is 9.53 Å². The molecule has 0 heterocycles. The molecule has 4 nitrogen and oxygen atoms in total. The van der Waals surface area contributed by atoms with E-state index in [1.54, 1.807) is 4.90 Å². The van der Waals surface area contributed by atoms with Crippen molar-refractivity contribution in [3.63, 3.8) is 0 Å². The molecule has 0 unspecified atom stereocenters. The number of nitrogen functional groups attached to an aromatic ring is 1. The normalized spacial score (nSPS) is 9.57. The lowest BCUT2D eigenvalue weighted by Crippen LogP contribution is -2.22. The van der Waals surface area contributed by atoms with Gasteiger partial charge in [-0.2, -0.15) is 0 Å². The van der Waals surface area contributed by atoms with Gasteiger partial charge in [0.05, 0.1) is 0 Å². The highest BCUT2D eigenvalue weighted by Crippen LogP contribution is 2.15. The number of anilines is 2. The molecule has 0 aliphatic carbocycles. The molecular formula is C10H14N2O2. The first-order valence-corrected chi connectivity index (χ1v) is 4.29. The van der Waals surface area contributed by atoms with E-state index in [9.17, 15) is 4.79 Å². The van der Waals surface area contributed by atoms with E-state index in [-0.39, 0.29) is 12.7 Å². The van der Waals surface area contributed by atoms with Crippen molar-refractivity contribution in [2.24, 2.45) is 0 Å². The van der Waals surface area contributed by atoms with E-state index in [4.69, 9.17) is 10.5 Å². The summed E-state index contributed by atoms with van der Waals surface area (Å²) in [6.07, 6.45) is 0. The maximum Gasteiger partial charge on any atom is 0.304 e. The van der Waals surface area contributed by atoms with Crippen LogP contribution in [0.3, 0.4) is 0 Å². The first kappa shape index (κ1) is 10.4. The van der Waals surface area contributed by atoms with Crippen LogP contribution in [-0.2, 0) is 9.53 Å². The van der Waals surface area contributed by atoms with Gasteiger partial charge in [0, 0.05) is 25.3 Å². The minimum absolute atomic E-state index is 0.235. The first-order chi connectivity index (χ1) is 6.59. The number of hydrogen-bond acceptors (Lipinski definition) is 4. The van der Waals surface area contributed by atoms with Crippen LogP contribution in [-0.4, -0.2) is 19.7 Å². The Morgan fingerprint density at radius 2 is 2.29 bits per heavy atom. The van der Waals surface area contributed by atoms with Crippen LogP contribution in [0.4, 0.5) is 11.4 Å². The van der Waals surface area contributed by atoms with Crippen molar-refractivity contribution in [3.05, 3.63) is 24.3 Å². The second kappa shape index (κ2) is 4.50. The molecule has 0 spiro atoms. The van der Waals surface area contributed by atoms with Crippen molar-refractivity contribution in [2.45, 2.75) is 6.92 Å². The van der Waals surface area contributed by atoms with E-state index in [2.05, 4.69) is 0 Å². The third-order valence-electron chi connectivity index (χ3n) is 1.77. The SMILES string of the molecule is CC(=O)OCN(C)c1cccc(N)c1. The molecule has 0 fully saturated rings. The summed E-state index contributed by atoms with van der Waals surface area (Å²) in [5.74, 6) is -0.291. The predicted octanol–water partition coefficient (Wildman–Crippen LogP) is 1.23. The number of nitrogens with two attached hydrogens (primary N) is 1. The van der Waals surface area contributed by atoms with Gasteiger partial charge >= 0.3 is 5.97 Å². The molecule has 0 amide bonds. The predicted molar refractivity (Wildman–Crippen MR) is 55.9 cm³/mol. The molecule has 14 heavy (non-hydrogen) atoms. The highest BCUT2D eigenvalue weighted by Gasteiger charge is 2.01. The van der Waals surface area contributed by atoms with Gasteiger partial charge in [-0.25, -0.2) is 0 Å². The Kier molecular flexibility index (Phi) is 3.34. The maximum atomic E-state index is 10.6. The molecule has 76 valence electrons. The summed E-state index contributed by atoms with van der Waals surface area (Å²) >= 11 is 0. The number of carbonyl (C=O) groups is 1. The van der Waals surface area contributed by atoms with Crippen molar-refractivity contribution in [1.82, 2.24) is 0 Å². The van der Waals surface area contributed by atoms with Gasteiger partial charge in [-0.05, 0) is 18.2 Å². The molecule has 1 rings (SSSR count). The van der Waals surface area contributed by atoms with Crippen LogP contribution < -0.4 is 10.6 Å². The highest BCUT2D eigenvalue weighted by atomic mass is 16.5. The lowest BCUT2D eigenvalue weighted by Gasteiger charge is -2.18. The third-order valence-corrected chi connectivity index (χ3v) is 1.77. The molecule has 0 radical (unpaired) electrons. The van der Waals surface area contributed by atoms with Crippen molar-refractivity contribution in [3.8, 4) is 0 Å². The first-order valence-electron chi connectivity index (χ1n) is 4.29. The number of nitrogens with zero attached hydrogens (tertiary/aromatic N) is 1. The molecule has 0 aromatic heterocycles. The molecular weight excluding hydrogens is 180 g/mol. The number of carbonyl (C=O) groups excluding carboxylic acids is 1. The van der Waals surface area contributed by atoms with Gasteiger partial charge < -0.3 is 15.4 Å². The lowest BCUT2D eigenvalue weighted by atomic mass is 10.3. The average molecular weight is 194 g/mol. The fraction of sp³-hybridized carbons (Fsp3) is 0.300. The molecule has 2 N–H and O–H groups in total. The van der Waals surface area contributed by atoms with Gasteiger partial charge in [0.15, 0.2) is 6.73 Å². The fourth-order valence-corrected chi connectivity index (χ4v) is 1.02. The average Bonchev–Trinajstić information content (AvgIpc) is 2.14. The number of hydrogen-bond donors (Lipinski definition) is 1. The van der Waals surface area contributed by atoms with Gasteiger partial charge in [-0.1, -0.05) is 6.07 Å². The monoisotopic (exact) mass is 194 g/mol. The minimum atomic E-state index is -0.291. The quantitative estimate of drug-likeness (QED) is 0.446. The van der Waals surface area contributed by atoms with E-state index >= 15 is 0 Å². The second-order valence-electron chi connectivity index (χ2n) is 3.06. The van der Waals surface area contributed by atoms with Crippen LogP contribution in [0.5, 0.6) is 0 Å². The molecule has 0 aliphatic heterocycles. The van der Waals surface area contributed by atoms with Crippen LogP contribution in [0, 0.1) is 0 Å². The van der Waals surface area contributed by atoms with Crippen LogP contribution in [0.15, 0.2) is 24.3 Å². The second-order valence-corrected chi connectivity index (χ2v) is 3.06.